The largest absolute Gasteiger partial charge is 0.508 e. The van der Waals surface area contributed by atoms with E-state index in [0.717, 1.165) is 29.8 Å². The van der Waals surface area contributed by atoms with Crippen molar-refractivity contribution in [3.8, 4) is 23.0 Å². The molecule has 0 aliphatic carbocycles. The van der Waals surface area contributed by atoms with E-state index in [9.17, 15) is 9.90 Å². The number of methoxy groups -OCH3 is 3. The number of nitrogens with zero attached hydrogens (tertiary/aromatic N) is 2. The average molecular weight is 486 g/mol. The minimum absolute atomic E-state index is 0.0405. The average Bonchev–Trinajstić information content (AvgIpc) is 2.84. The van der Waals surface area contributed by atoms with Gasteiger partial charge in [0.25, 0.3) is 0 Å². The number of ether oxygens (including phenoxy) is 3. The summed E-state index contributed by atoms with van der Waals surface area (Å²) in [7, 11) is 4.82. The highest BCUT2D eigenvalue weighted by atomic mass is 16.5. The van der Waals surface area contributed by atoms with Crippen LogP contribution < -0.4 is 19.9 Å². The molecule has 2 aromatic carbocycles. The van der Waals surface area contributed by atoms with Crippen LogP contribution in [0.2, 0.25) is 0 Å². The van der Waals surface area contributed by atoms with Crippen molar-refractivity contribution in [2.75, 3.05) is 47.5 Å². The number of amides is 1. The Morgan fingerprint density at radius 1 is 0.971 bits per heavy atom. The monoisotopic (exact) mass is 485 g/mol. The van der Waals surface area contributed by atoms with Crippen molar-refractivity contribution in [2.45, 2.75) is 45.2 Å². The van der Waals surface area contributed by atoms with Gasteiger partial charge in [-0.1, -0.05) is 32.9 Å². The number of nitrogens with two attached hydrogens (primary N) is 1. The van der Waals surface area contributed by atoms with Gasteiger partial charge in [0.05, 0.1) is 27.4 Å². The summed E-state index contributed by atoms with van der Waals surface area (Å²) in [4.78, 5) is 17.3. The van der Waals surface area contributed by atoms with Crippen LogP contribution in [0, 0.1) is 0 Å². The van der Waals surface area contributed by atoms with Crippen LogP contribution >= 0.6 is 0 Å². The second kappa shape index (κ2) is 11.2. The third-order valence-corrected chi connectivity index (χ3v) is 6.52. The fraction of sp³-hybridized carbons (Fsp3) is 0.519. The maximum atomic E-state index is 13.1. The topological polar surface area (TPSA) is 97.5 Å². The van der Waals surface area contributed by atoms with Gasteiger partial charge < -0.3 is 30.0 Å². The molecule has 3 N–H and O–H groups in total. The van der Waals surface area contributed by atoms with Crippen molar-refractivity contribution in [1.82, 2.24) is 9.80 Å². The lowest BCUT2D eigenvalue weighted by Gasteiger charge is -2.36. The molecule has 1 heterocycles. The first-order valence-electron chi connectivity index (χ1n) is 12.0. The van der Waals surface area contributed by atoms with E-state index < -0.39 is 6.04 Å². The number of aromatic hydroxyl groups is 1. The fourth-order valence-corrected chi connectivity index (χ4v) is 4.65. The van der Waals surface area contributed by atoms with Crippen LogP contribution in [0.1, 0.15) is 37.5 Å². The Morgan fingerprint density at radius 2 is 1.60 bits per heavy atom. The molecule has 0 bridgehead atoms. The second-order valence-corrected chi connectivity index (χ2v) is 10.00. The number of benzene rings is 2. The zero-order chi connectivity index (χ0) is 25.8. The Balaban J connectivity index is 1.62. The third kappa shape index (κ3) is 6.18. The summed E-state index contributed by atoms with van der Waals surface area (Å²) < 4.78 is 16.5. The second-order valence-electron chi connectivity index (χ2n) is 10.00. The standard InChI is InChI=1S/C27H39N3O5/c1-27(2,3)21-16-20(31)9-7-18(21)15-22(28)26(32)30-13-11-29(12-14-30)17-19-8-10-23(33-4)25(35-6)24(19)34-5/h7-10,16,22,31H,11-15,17,28H2,1-6H3/t22-/m0/s1. The molecule has 8 nitrogen and oxygen atoms in total. The molecule has 0 unspecified atom stereocenters. The van der Waals surface area contributed by atoms with Crippen molar-refractivity contribution in [3.05, 3.63) is 47.0 Å². The van der Waals surface area contributed by atoms with Crippen molar-refractivity contribution in [1.29, 1.82) is 0 Å². The number of phenols is 1. The van der Waals surface area contributed by atoms with Gasteiger partial charge in [0.1, 0.15) is 5.75 Å². The van der Waals surface area contributed by atoms with Crippen LogP contribution in [-0.4, -0.2) is 74.4 Å². The summed E-state index contributed by atoms with van der Waals surface area (Å²) in [6.45, 7) is 9.65. The SMILES string of the molecule is COc1ccc(CN2CCN(C(=O)[C@@H](N)Cc3ccc(O)cc3C(C)(C)C)CC2)c(OC)c1OC. The van der Waals surface area contributed by atoms with Gasteiger partial charge in [-0.3, -0.25) is 9.69 Å². The van der Waals surface area contributed by atoms with E-state index in [-0.39, 0.29) is 17.1 Å². The van der Waals surface area contributed by atoms with Crippen LogP contribution in [0.15, 0.2) is 30.3 Å². The van der Waals surface area contributed by atoms with Crippen LogP contribution in [-0.2, 0) is 23.2 Å². The molecule has 3 rings (SSSR count). The molecule has 1 fully saturated rings. The smallest absolute Gasteiger partial charge is 0.239 e. The first-order valence-corrected chi connectivity index (χ1v) is 12.0. The zero-order valence-electron chi connectivity index (χ0n) is 21.8. The molecule has 0 aromatic heterocycles. The number of rotatable bonds is 8. The summed E-state index contributed by atoms with van der Waals surface area (Å²) in [6.07, 6.45) is 0.439. The van der Waals surface area contributed by atoms with Crippen molar-refractivity contribution >= 4 is 5.91 Å². The number of piperazine rings is 1. The molecule has 0 radical (unpaired) electrons. The van der Waals surface area contributed by atoms with Crippen molar-refractivity contribution in [3.63, 3.8) is 0 Å². The lowest BCUT2D eigenvalue weighted by molar-refractivity contribution is -0.134. The van der Waals surface area contributed by atoms with Crippen molar-refractivity contribution < 1.29 is 24.1 Å². The normalized spacial score (nSPS) is 15.6. The van der Waals surface area contributed by atoms with Gasteiger partial charge in [-0.2, -0.15) is 0 Å². The van der Waals surface area contributed by atoms with Gasteiger partial charge in [0.2, 0.25) is 11.7 Å². The van der Waals surface area contributed by atoms with E-state index in [2.05, 4.69) is 25.7 Å². The molecule has 1 aliphatic heterocycles. The maximum Gasteiger partial charge on any atom is 0.239 e. The predicted octanol–water partition coefficient (Wildman–Crippen LogP) is 2.93. The highest BCUT2D eigenvalue weighted by Crippen LogP contribution is 2.40. The molecule has 1 aliphatic rings. The van der Waals surface area contributed by atoms with E-state index in [1.807, 2.05) is 23.1 Å². The summed E-state index contributed by atoms with van der Waals surface area (Å²) in [6, 6.07) is 8.54. The van der Waals surface area contributed by atoms with Crippen LogP contribution in [0.5, 0.6) is 23.0 Å². The number of hydrogen-bond acceptors (Lipinski definition) is 7. The summed E-state index contributed by atoms with van der Waals surface area (Å²) >= 11 is 0. The number of hydrogen-bond donors (Lipinski definition) is 2. The molecule has 35 heavy (non-hydrogen) atoms. The Hall–Kier alpha value is -2.97. The lowest BCUT2D eigenvalue weighted by atomic mass is 9.82. The van der Waals surface area contributed by atoms with Gasteiger partial charge >= 0.3 is 0 Å². The molecule has 2 aromatic rings. The van der Waals surface area contributed by atoms with Crippen LogP contribution in [0.3, 0.4) is 0 Å². The molecular weight excluding hydrogens is 446 g/mol. The molecule has 1 amide bonds. The molecular formula is C27H39N3O5. The number of phenolic OH excluding ortho intramolecular Hbond substituents is 1. The van der Waals surface area contributed by atoms with E-state index in [4.69, 9.17) is 19.9 Å². The van der Waals surface area contributed by atoms with Crippen LogP contribution in [0.25, 0.3) is 0 Å². The minimum atomic E-state index is -0.627. The van der Waals surface area contributed by atoms with E-state index in [0.29, 0.717) is 43.3 Å². The first-order chi connectivity index (χ1) is 16.6. The van der Waals surface area contributed by atoms with Crippen molar-refractivity contribution in [2.24, 2.45) is 5.73 Å². The Bertz CT molecular complexity index is 1030. The highest BCUT2D eigenvalue weighted by Gasteiger charge is 2.28. The van der Waals surface area contributed by atoms with Gasteiger partial charge in [0.15, 0.2) is 11.5 Å². The highest BCUT2D eigenvalue weighted by molar-refractivity contribution is 5.82. The zero-order valence-corrected chi connectivity index (χ0v) is 21.8. The van der Waals surface area contributed by atoms with Gasteiger partial charge in [-0.25, -0.2) is 0 Å². The Kier molecular flexibility index (Phi) is 8.51. The fourth-order valence-electron chi connectivity index (χ4n) is 4.65. The number of carbonyl (C=O) groups excluding carboxylic acids is 1. The molecule has 1 saturated heterocycles. The molecule has 1 atom stereocenters. The van der Waals surface area contributed by atoms with Gasteiger partial charge in [-0.15, -0.1) is 0 Å². The maximum absolute atomic E-state index is 13.1. The minimum Gasteiger partial charge on any atom is -0.508 e. The molecule has 8 heteroatoms. The number of carbonyl (C=O) groups is 1. The molecule has 0 spiro atoms. The summed E-state index contributed by atoms with van der Waals surface area (Å²) in [5.41, 5.74) is 9.22. The predicted molar refractivity (Wildman–Crippen MR) is 136 cm³/mol. The van der Waals surface area contributed by atoms with Gasteiger partial charge in [-0.05, 0) is 41.2 Å². The van der Waals surface area contributed by atoms with E-state index in [1.54, 1.807) is 33.5 Å². The summed E-state index contributed by atoms with van der Waals surface area (Å²) in [5.74, 6) is 2.05. The summed E-state index contributed by atoms with van der Waals surface area (Å²) in [5, 5.41) is 9.93. The van der Waals surface area contributed by atoms with Crippen LogP contribution in [0.4, 0.5) is 0 Å². The third-order valence-electron chi connectivity index (χ3n) is 6.52. The van der Waals surface area contributed by atoms with E-state index in [1.165, 1.54) is 0 Å². The lowest BCUT2D eigenvalue weighted by Crippen LogP contribution is -2.53. The molecule has 0 saturated carbocycles. The Morgan fingerprint density at radius 3 is 2.17 bits per heavy atom. The Labute approximate surface area is 208 Å². The molecule has 192 valence electrons. The van der Waals surface area contributed by atoms with E-state index >= 15 is 0 Å². The quantitative estimate of drug-likeness (QED) is 0.593. The first kappa shape index (κ1) is 26.6. The van der Waals surface area contributed by atoms with Gasteiger partial charge in [0, 0.05) is 38.3 Å².